The Morgan fingerprint density at radius 2 is 1.65 bits per heavy atom. The molecule has 0 atom stereocenters. The minimum absolute atomic E-state index is 0.0472. The maximum Gasteiger partial charge on any atom is 0.315 e. The summed E-state index contributed by atoms with van der Waals surface area (Å²) in [6.45, 7) is 0. The molecule has 0 unspecified atom stereocenters. The zero-order chi connectivity index (χ0) is 24.3. The van der Waals surface area contributed by atoms with E-state index in [0.29, 0.717) is 22.6 Å². The first-order chi connectivity index (χ1) is 16.5. The number of esters is 1. The van der Waals surface area contributed by atoms with E-state index in [0.717, 1.165) is 4.90 Å². The molecule has 174 valence electrons. The summed E-state index contributed by atoms with van der Waals surface area (Å²) in [6.07, 6.45) is 1.56. The van der Waals surface area contributed by atoms with Gasteiger partial charge >= 0.3 is 5.97 Å². The summed E-state index contributed by atoms with van der Waals surface area (Å²) < 4.78 is 10.0. The number of methoxy groups -OCH3 is 2. The van der Waals surface area contributed by atoms with E-state index in [9.17, 15) is 14.4 Å². The Morgan fingerprint density at radius 1 is 0.912 bits per heavy atom. The van der Waals surface area contributed by atoms with Crippen LogP contribution < -0.4 is 15.4 Å². The van der Waals surface area contributed by atoms with E-state index >= 15 is 0 Å². The average molecular weight is 477 g/mol. The zero-order valence-corrected chi connectivity index (χ0v) is 19.6. The molecule has 0 saturated heterocycles. The number of amides is 2. The number of benzene rings is 3. The van der Waals surface area contributed by atoms with E-state index in [1.807, 2.05) is 18.2 Å². The summed E-state index contributed by atoms with van der Waals surface area (Å²) in [5.74, 6) is -0.558. The normalized spacial score (nSPS) is 10.8. The van der Waals surface area contributed by atoms with Crippen LogP contribution >= 0.6 is 11.8 Å². The largest absolute Gasteiger partial charge is 0.496 e. The van der Waals surface area contributed by atoms with E-state index < -0.39 is 11.8 Å². The van der Waals surface area contributed by atoms with Gasteiger partial charge in [0.25, 0.3) is 11.8 Å². The molecule has 3 aromatic carbocycles. The van der Waals surface area contributed by atoms with Gasteiger partial charge in [-0.3, -0.25) is 14.4 Å². The number of hydrogen-bond donors (Lipinski definition) is 2. The van der Waals surface area contributed by atoms with E-state index in [2.05, 4.69) is 15.4 Å². The number of carbonyl (C=O) groups is 3. The predicted molar refractivity (Wildman–Crippen MR) is 133 cm³/mol. The fraction of sp³-hybridized carbons (Fsp3) is 0.115. The molecule has 0 aliphatic heterocycles. The molecule has 3 aromatic rings. The van der Waals surface area contributed by atoms with Gasteiger partial charge in [0.1, 0.15) is 11.4 Å². The molecular formula is C26H24N2O5S. The third-order valence-electron chi connectivity index (χ3n) is 4.64. The monoisotopic (exact) mass is 476 g/mol. The van der Waals surface area contributed by atoms with Crippen LogP contribution in [-0.4, -0.2) is 37.8 Å². The molecule has 2 N–H and O–H groups in total. The fourth-order valence-corrected chi connectivity index (χ4v) is 3.73. The Labute approximate surface area is 202 Å². The summed E-state index contributed by atoms with van der Waals surface area (Å²) in [6, 6.07) is 22.9. The van der Waals surface area contributed by atoms with Crippen molar-refractivity contribution >= 4 is 41.3 Å². The minimum atomic E-state index is -0.509. The van der Waals surface area contributed by atoms with Gasteiger partial charge in [-0.2, -0.15) is 0 Å². The molecular weight excluding hydrogens is 452 g/mol. The lowest BCUT2D eigenvalue weighted by Crippen LogP contribution is -2.30. The Kier molecular flexibility index (Phi) is 8.88. The average Bonchev–Trinajstić information content (AvgIpc) is 2.87. The van der Waals surface area contributed by atoms with Gasteiger partial charge in [-0.05, 0) is 42.5 Å². The Balaban J connectivity index is 1.85. The number of nitrogens with one attached hydrogen (secondary N) is 2. The molecule has 0 fully saturated rings. The van der Waals surface area contributed by atoms with Gasteiger partial charge in [0.2, 0.25) is 0 Å². The fourth-order valence-electron chi connectivity index (χ4n) is 2.95. The Bertz CT molecular complexity index is 1190. The lowest BCUT2D eigenvalue weighted by atomic mass is 10.1. The maximum absolute atomic E-state index is 13.2. The molecule has 0 bridgehead atoms. The van der Waals surface area contributed by atoms with Crippen LogP contribution in [0.4, 0.5) is 5.69 Å². The van der Waals surface area contributed by atoms with Gasteiger partial charge < -0.3 is 20.1 Å². The molecule has 0 spiro atoms. The molecule has 3 rings (SSSR count). The molecule has 0 radical (unpaired) electrons. The van der Waals surface area contributed by atoms with Crippen LogP contribution in [0.2, 0.25) is 0 Å². The Hall–Kier alpha value is -4.04. The number of rotatable bonds is 9. The third-order valence-corrected chi connectivity index (χ3v) is 5.61. The van der Waals surface area contributed by atoms with E-state index in [4.69, 9.17) is 4.74 Å². The van der Waals surface area contributed by atoms with Gasteiger partial charge in [-0.1, -0.05) is 42.5 Å². The molecule has 0 aromatic heterocycles. The van der Waals surface area contributed by atoms with Crippen molar-refractivity contribution in [2.24, 2.45) is 0 Å². The van der Waals surface area contributed by atoms with Crippen LogP contribution in [0, 0.1) is 0 Å². The van der Waals surface area contributed by atoms with Crippen LogP contribution in [0.5, 0.6) is 5.75 Å². The highest BCUT2D eigenvalue weighted by Crippen LogP contribution is 2.23. The summed E-state index contributed by atoms with van der Waals surface area (Å²) in [5.41, 5.74) is 1.61. The second kappa shape index (κ2) is 12.3. The quantitative estimate of drug-likeness (QED) is 0.271. The van der Waals surface area contributed by atoms with Gasteiger partial charge in [0.05, 0.1) is 20.0 Å². The maximum atomic E-state index is 13.2. The molecule has 8 heteroatoms. The van der Waals surface area contributed by atoms with Crippen LogP contribution in [0.1, 0.15) is 15.9 Å². The van der Waals surface area contributed by atoms with Crippen LogP contribution in [0.3, 0.4) is 0 Å². The van der Waals surface area contributed by atoms with Gasteiger partial charge in [-0.15, -0.1) is 11.8 Å². The molecule has 0 aliphatic carbocycles. The van der Waals surface area contributed by atoms with Gasteiger partial charge in [0, 0.05) is 21.7 Å². The standard InChI is InChI=1S/C26H24N2O5S/c1-32-23-14-7-6-11-19(23)15-22(28-25(30)18-9-4-3-5-10-18)26(31)27-20-12-8-13-21(16-20)34-17-24(29)33-2/h3-16H,17H2,1-2H3,(H,27,31)(H,28,30)/b22-15+. The SMILES string of the molecule is COC(=O)CSc1cccc(NC(=O)/C(=C\c2ccccc2OC)NC(=O)c2ccccc2)c1. The van der Waals surface area contributed by atoms with Crippen molar-refractivity contribution in [3.05, 3.63) is 95.7 Å². The van der Waals surface area contributed by atoms with Crippen molar-refractivity contribution in [3.8, 4) is 5.75 Å². The summed E-state index contributed by atoms with van der Waals surface area (Å²) in [7, 11) is 2.87. The molecule has 2 amide bonds. The van der Waals surface area contributed by atoms with E-state index in [-0.39, 0.29) is 17.4 Å². The van der Waals surface area contributed by atoms with Gasteiger partial charge in [-0.25, -0.2) is 0 Å². The minimum Gasteiger partial charge on any atom is -0.496 e. The molecule has 0 heterocycles. The highest BCUT2D eigenvalue weighted by molar-refractivity contribution is 8.00. The lowest BCUT2D eigenvalue weighted by Gasteiger charge is -2.13. The second-order valence-corrected chi connectivity index (χ2v) is 8.02. The van der Waals surface area contributed by atoms with Crippen molar-refractivity contribution in [2.45, 2.75) is 4.90 Å². The number of para-hydroxylation sites is 1. The van der Waals surface area contributed by atoms with Crippen molar-refractivity contribution < 1.29 is 23.9 Å². The second-order valence-electron chi connectivity index (χ2n) is 6.97. The molecule has 0 saturated carbocycles. The van der Waals surface area contributed by atoms with Crippen molar-refractivity contribution in [3.63, 3.8) is 0 Å². The summed E-state index contributed by atoms with van der Waals surface area (Å²) >= 11 is 1.29. The molecule has 34 heavy (non-hydrogen) atoms. The number of carbonyl (C=O) groups excluding carboxylic acids is 3. The highest BCUT2D eigenvalue weighted by atomic mass is 32.2. The number of ether oxygens (including phenoxy) is 2. The predicted octanol–water partition coefficient (Wildman–Crippen LogP) is 4.37. The van der Waals surface area contributed by atoms with Crippen LogP contribution in [0.25, 0.3) is 6.08 Å². The lowest BCUT2D eigenvalue weighted by molar-refractivity contribution is -0.137. The topological polar surface area (TPSA) is 93.7 Å². The van der Waals surface area contributed by atoms with Crippen molar-refractivity contribution in [1.29, 1.82) is 0 Å². The molecule has 7 nitrogen and oxygen atoms in total. The number of thioether (sulfide) groups is 1. The first-order valence-electron chi connectivity index (χ1n) is 10.3. The first kappa shape index (κ1) is 24.6. The zero-order valence-electron chi connectivity index (χ0n) is 18.7. The van der Waals surface area contributed by atoms with Crippen LogP contribution in [-0.2, 0) is 14.3 Å². The number of anilines is 1. The first-order valence-corrected chi connectivity index (χ1v) is 11.3. The Morgan fingerprint density at radius 3 is 2.38 bits per heavy atom. The van der Waals surface area contributed by atoms with E-state index in [1.54, 1.807) is 66.7 Å². The van der Waals surface area contributed by atoms with Crippen LogP contribution in [0.15, 0.2) is 89.5 Å². The molecule has 0 aliphatic rings. The number of hydrogen-bond acceptors (Lipinski definition) is 6. The van der Waals surface area contributed by atoms with E-state index in [1.165, 1.54) is 26.0 Å². The highest BCUT2D eigenvalue weighted by Gasteiger charge is 2.16. The smallest absolute Gasteiger partial charge is 0.315 e. The van der Waals surface area contributed by atoms with Gasteiger partial charge in [0.15, 0.2) is 0 Å². The summed E-state index contributed by atoms with van der Waals surface area (Å²) in [4.78, 5) is 38.2. The van der Waals surface area contributed by atoms with Crippen molar-refractivity contribution in [1.82, 2.24) is 5.32 Å². The summed E-state index contributed by atoms with van der Waals surface area (Å²) in [5, 5.41) is 5.51. The third kappa shape index (κ3) is 6.98. The van der Waals surface area contributed by atoms with Crippen molar-refractivity contribution in [2.75, 3.05) is 25.3 Å².